The minimum Gasteiger partial charge on any atom is -0.472 e. The van der Waals surface area contributed by atoms with Gasteiger partial charge in [0.05, 0.1) is 17.9 Å². The van der Waals surface area contributed by atoms with Crippen LogP contribution in [0.5, 0.6) is 0 Å². The van der Waals surface area contributed by atoms with Gasteiger partial charge < -0.3 is 9.32 Å². The molecule has 0 saturated carbocycles. The Hall–Kier alpha value is -2.87. The SMILES string of the molecule is CN(C(=O)[C@H](C#N)C(=O)c1ccoc1)c1ccccc1. The predicted octanol–water partition coefficient (Wildman–Crippen LogP) is 2.27. The third-order valence-electron chi connectivity index (χ3n) is 2.92. The Morgan fingerprint density at radius 1 is 1.25 bits per heavy atom. The molecule has 2 aromatic rings. The van der Waals surface area contributed by atoms with Crippen molar-refractivity contribution in [3.63, 3.8) is 0 Å². The fourth-order valence-corrected chi connectivity index (χ4v) is 1.77. The molecule has 100 valence electrons. The van der Waals surface area contributed by atoms with E-state index in [-0.39, 0.29) is 5.56 Å². The second kappa shape index (κ2) is 5.85. The van der Waals surface area contributed by atoms with Gasteiger partial charge in [-0.15, -0.1) is 0 Å². The van der Waals surface area contributed by atoms with Crippen LogP contribution in [-0.4, -0.2) is 18.7 Å². The zero-order valence-electron chi connectivity index (χ0n) is 10.8. The third-order valence-corrected chi connectivity index (χ3v) is 2.92. The average Bonchev–Trinajstić information content (AvgIpc) is 3.02. The zero-order chi connectivity index (χ0) is 14.5. The second-order valence-corrected chi connectivity index (χ2v) is 4.17. The number of hydrogen-bond acceptors (Lipinski definition) is 4. The molecule has 2 rings (SSSR count). The Morgan fingerprint density at radius 2 is 1.95 bits per heavy atom. The summed E-state index contributed by atoms with van der Waals surface area (Å²) in [6.07, 6.45) is 2.55. The molecule has 0 bridgehead atoms. The fraction of sp³-hybridized carbons (Fsp3) is 0.133. The van der Waals surface area contributed by atoms with E-state index >= 15 is 0 Å². The Labute approximate surface area is 116 Å². The van der Waals surface area contributed by atoms with Gasteiger partial charge in [0, 0.05) is 12.7 Å². The number of Topliss-reactive ketones (excluding diaryl/α,β-unsaturated/α-hetero) is 1. The molecular formula is C15H12N2O3. The summed E-state index contributed by atoms with van der Waals surface area (Å²) in [7, 11) is 1.53. The number of ketones is 1. The quantitative estimate of drug-likeness (QED) is 0.629. The van der Waals surface area contributed by atoms with Crippen LogP contribution in [0.4, 0.5) is 5.69 Å². The van der Waals surface area contributed by atoms with Gasteiger partial charge >= 0.3 is 0 Å². The number of para-hydroxylation sites is 1. The lowest BCUT2D eigenvalue weighted by molar-refractivity contribution is -0.119. The van der Waals surface area contributed by atoms with Crippen molar-refractivity contribution < 1.29 is 14.0 Å². The molecule has 1 heterocycles. The van der Waals surface area contributed by atoms with Crippen molar-refractivity contribution in [3.05, 3.63) is 54.5 Å². The molecule has 1 atom stereocenters. The highest BCUT2D eigenvalue weighted by Gasteiger charge is 2.31. The lowest BCUT2D eigenvalue weighted by Crippen LogP contribution is -2.36. The molecule has 5 nitrogen and oxygen atoms in total. The molecule has 0 aliphatic heterocycles. The number of amides is 1. The summed E-state index contributed by atoms with van der Waals surface area (Å²) in [5, 5.41) is 9.11. The molecule has 0 saturated heterocycles. The normalized spacial score (nSPS) is 11.4. The number of carbonyl (C=O) groups excluding carboxylic acids is 2. The topological polar surface area (TPSA) is 74.3 Å². The number of rotatable bonds is 4. The molecule has 1 aromatic carbocycles. The van der Waals surface area contributed by atoms with Crippen molar-refractivity contribution in [2.24, 2.45) is 5.92 Å². The monoisotopic (exact) mass is 268 g/mol. The molecule has 0 radical (unpaired) electrons. The Bertz CT molecular complexity index is 642. The highest BCUT2D eigenvalue weighted by atomic mass is 16.3. The van der Waals surface area contributed by atoms with Crippen molar-refractivity contribution >= 4 is 17.4 Å². The molecule has 5 heteroatoms. The molecular weight excluding hydrogens is 256 g/mol. The summed E-state index contributed by atoms with van der Waals surface area (Å²) < 4.78 is 4.80. The minimum atomic E-state index is -1.38. The standard InChI is InChI=1S/C15H12N2O3/c1-17(12-5-3-2-4-6-12)15(19)13(9-16)14(18)11-7-8-20-10-11/h2-8,10,13H,1H3/t13-/m1/s1. The van der Waals surface area contributed by atoms with Crippen LogP contribution < -0.4 is 4.90 Å². The van der Waals surface area contributed by atoms with Crippen LogP contribution in [0, 0.1) is 17.2 Å². The maximum Gasteiger partial charge on any atom is 0.252 e. The molecule has 0 aliphatic rings. The summed E-state index contributed by atoms with van der Waals surface area (Å²) in [5.41, 5.74) is 0.837. The van der Waals surface area contributed by atoms with E-state index in [1.807, 2.05) is 6.07 Å². The minimum absolute atomic E-state index is 0.214. The number of anilines is 1. The van der Waals surface area contributed by atoms with Crippen molar-refractivity contribution in [1.82, 2.24) is 0 Å². The van der Waals surface area contributed by atoms with Crippen LogP contribution in [0.2, 0.25) is 0 Å². The van der Waals surface area contributed by atoms with E-state index in [2.05, 4.69) is 0 Å². The van der Waals surface area contributed by atoms with Gasteiger partial charge in [0.25, 0.3) is 5.91 Å². The first-order chi connectivity index (χ1) is 9.65. The Balaban J connectivity index is 2.22. The highest BCUT2D eigenvalue weighted by molar-refractivity contribution is 6.16. The molecule has 0 fully saturated rings. The van der Waals surface area contributed by atoms with E-state index in [1.54, 1.807) is 30.3 Å². The summed E-state index contributed by atoms with van der Waals surface area (Å²) in [6, 6.07) is 12.0. The van der Waals surface area contributed by atoms with Crippen LogP contribution in [0.25, 0.3) is 0 Å². The molecule has 0 unspecified atom stereocenters. The van der Waals surface area contributed by atoms with E-state index in [1.165, 1.54) is 30.5 Å². The maximum absolute atomic E-state index is 12.3. The van der Waals surface area contributed by atoms with Crippen LogP contribution in [0.3, 0.4) is 0 Å². The van der Waals surface area contributed by atoms with Crippen LogP contribution in [-0.2, 0) is 4.79 Å². The second-order valence-electron chi connectivity index (χ2n) is 4.17. The van der Waals surface area contributed by atoms with Crippen molar-refractivity contribution in [2.75, 3.05) is 11.9 Å². The number of furan rings is 1. The van der Waals surface area contributed by atoms with E-state index in [0.29, 0.717) is 5.69 Å². The van der Waals surface area contributed by atoms with E-state index in [9.17, 15) is 9.59 Å². The zero-order valence-corrected chi connectivity index (χ0v) is 10.8. The summed E-state index contributed by atoms with van der Waals surface area (Å²) in [4.78, 5) is 25.6. The fourth-order valence-electron chi connectivity index (χ4n) is 1.77. The number of nitrogens with zero attached hydrogens (tertiary/aromatic N) is 2. The van der Waals surface area contributed by atoms with Gasteiger partial charge in [0.15, 0.2) is 11.7 Å². The maximum atomic E-state index is 12.3. The van der Waals surface area contributed by atoms with E-state index in [4.69, 9.17) is 9.68 Å². The molecule has 1 amide bonds. The summed E-state index contributed by atoms with van der Waals surface area (Å²) in [6.45, 7) is 0. The Morgan fingerprint density at radius 3 is 2.50 bits per heavy atom. The van der Waals surface area contributed by atoms with Crippen LogP contribution >= 0.6 is 0 Å². The highest BCUT2D eigenvalue weighted by Crippen LogP contribution is 2.17. The van der Waals surface area contributed by atoms with E-state index < -0.39 is 17.6 Å². The van der Waals surface area contributed by atoms with Gasteiger partial charge in [-0.1, -0.05) is 18.2 Å². The number of carbonyl (C=O) groups is 2. The average molecular weight is 268 g/mol. The smallest absolute Gasteiger partial charge is 0.252 e. The van der Waals surface area contributed by atoms with Crippen LogP contribution in [0.1, 0.15) is 10.4 Å². The number of hydrogen-bond donors (Lipinski definition) is 0. The van der Waals surface area contributed by atoms with Gasteiger partial charge in [0.2, 0.25) is 0 Å². The number of nitriles is 1. The van der Waals surface area contributed by atoms with Crippen molar-refractivity contribution in [1.29, 1.82) is 5.26 Å². The third kappa shape index (κ3) is 2.59. The lowest BCUT2D eigenvalue weighted by Gasteiger charge is -2.19. The van der Waals surface area contributed by atoms with Crippen molar-refractivity contribution in [3.8, 4) is 6.07 Å². The van der Waals surface area contributed by atoms with Crippen LogP contribution in [0.15, 0.2) is 53.3 Å². The molecule has 0 aliphatic carbocycles. The van der Waals surface area contributed by atoms with Crippen molar-refractivity contribution in [2.45, 2.75) is 0 Å². The summed E-state index contributed by atoms with van der Waals surface area (Å²) >= 11 is 0. The molecule has 20 heavy (non-hydrogen) atoms. The van der Waals surface area contributed by atoms with E-state index in [0.717, 1.165) is 0 Å². The first-order valence-electron chi connectivity index (χ1n) is 5.94. The van der Waals surface area contributed by atoms with Gasteiger partial charge in [-0.3, -0.25) is 9.59 Å². The predicted molar refractivity (Wildman–Crippen MR) is 72.0 cm³/mol. The number of benzene rings is 1. The lowest BCUT2D eigenvalue weighted by atomic mass is 9.99. The Kier molecular flexibility index (Phi) is 3.96. The largest absolute Gasteiger partial charge is 0.472 e. The van der Waals surface area contributed by atoms with Gasteiger partial charge in [-0.05, 0) is 18.2 Å². The molecule has 0 spiro atoms. The molecule has 1 aromatic heterocycles. The van der Waals surface area contributed by atoms with Gasteiger partial charge in [-0.2, -0.15) is 5.26 Å². The first-order valence-corrected chi connectivity index (χ1v) is 5.94. The van der Waals surface area contributed by atoms with Gasteiger partial charge in [0.1, 0.15) is 6.26 Å². The molecule has 0 N–H and O–H groups in total. The first kappa shape index (κ1) is 13.6. The van der Waals surface area contributed by atoms with Gasteiger partial charge in [-0.25, -0.2) is 0 Å². The summed E-state index contributed by atoms with van der Waals surface area (Å²) in [5.74, 6) is -2.50.